The first kappa shape index (κ1) is 14.6. The molecule has 0 unspecified atom stereocenters. The van der Waals surface area contributed by atoms with E-state index in [0.717, 1.165) is 11.1 Å². The summed E-state index contributed by atoms with van der Waals surface area (Å²) in [6.07, 6.45) is -0.871. The Bertz CT molecular complexity index is 644. The normalized spacial score (nSPS) is 24.4. The van der Waals surface area contributed by atoms with Crippen LogP contribution in [0.25, 0.3) is 0 Å². The molecule has 1 aliphatic heterocycles. The average Bonchev–Trinajstić information content (AvgIpc) is 2.82. The zero-order valence-electron chi connectivity index (χ0n) is 12.5. The van der Waals surface area contributed by atoms with Crippen molar-refractivity contribution in [2.45, 2.75) is 25.1 Å². The predicted octanol–water partition coefficient (Wildman–Crippen LogP) is 3.13. The fraction of sp³-hybridized carbons (Fsp3) is 0.278. The van der Waals surface area contributed by atoms with Crippen molar-refractivity contribution in [3.63, 3.8) is 0 Å². The van der Waals surface area contributed by atoms with Gasteiger partial charge in [0.15, 0.2) is 6.10 Å². The average molecular weight is 297 g/mol. The van der Waals surface area contributed by atoms with E-state index in [2.05, 4.69) is 0 Å². The highest BCUT2D eigenvalue weighted by molar-refractivity contribution is 5.72. The molecule has 4 nitrogen and oxygen atoms in total. The molecule has 0 spiro atoms. The Labute approximate surface area is 130 Å². The summed E-state index contributed by atoms with van der Waals surface area (Å²) in [6.45, 7) is 2.11. The highest BCUT2D eigenvalue weighted by Gasteiger charge is 2.51. The first-order valence-corrected chi connectivity index (χ1v) is 7.33. The number of carbonyl (C=O) groups excluding carboxylic acids is 1. The zero-order chi connectivity index (χ0) is 15.6. The lowest BCUT2D eigenvalue weighted by molar-refractivity contribution is 0.0497. The number of aliphatic hydroxyl groups is 1. The van der Waals surface area contributed by atoms with Crippen molar-refractivity contribution in [2.24, 2.45) is 0 Å². The van der Waals surface area contributed by atoms with Crippen LogP contribution in [-0.4, -0.2) is 28.2 Å². The van der Waals surface area contributed by atoms with E-state index in [1.165, 1.54) is 0 Å². The number of rotatable bonds is 4. The van der Waals surface area contributed by atoms with E-state index in [-0.39, 0.29) is 6.61 Å². The minimum atomic E-state index is -0.783. The van der Waals surface area contributed by atoms with Gasteiger partial charge in [-0.1, -0.05) is 60.7 Å². The third-order valence-corrected chi connectivity index (χ3v) is 4.23. The lowest BCUT2D eigenvalue weighted by Gasteiger charge is -2.34. The molecule has 1 heterocycles. The molecule has 1 saturated heterocycles. The van der Waals surface area contributed by atoms with Gasteiger partial charge < -0.3 is 9.84 Å². The van der Waals surface area contributed by atoms with E-state index in [4.69, 9.17) is 4.74 Å². The van der Waals surface area contributed by atoms with Crippen molar-refractivity contribution < 1.29 is 14.6 Å². The number of hydrogen-bond donors (Lipinski definition) is 1. The van der Waals surface area contributed by atoms with Crippen LogP contribution in [0.2, 0.25) is 0 Å². The molecule has 22 heavy (non-hydrogen) atoms. The molecule has 1 amide bonds. The summed E-state index contributed by atoms with van der Waals surface area (Å²) >= 11 is 0. The molecule has 1 N–H and O–H groups in total. The van der Waals surface area contributed by atoms with Crippen LogP contribution < -0.4 is 0 Å². The Morgan fingerprint density at radius 2 is 1.68 bits per heavy atom. The van der Waals surface area contributed by atoms with Crippen LogP contribution >= 0.6 is 0 Å². The third kappa shape index (κ3) is 2.46. The van der Waals surface area contributed by atoms with Gasteiger partial charge in [0.25, 0.3) is 0 Å². The molecule has 1 fully saturated rings. The fourth-order valence-electron chi connectivity index (χ4n) is 2.88. The summed E-state index contributed by atoms with van der Waals surface area (Å²) in [6, 6.07) is 19.3. The Hall–Kier alpha value is -2.33. The second-order valence-corrected chi connectivity index (χ2v) is 5.76. The number of nitrogens with zero attached hydrogens (tertiary/aromatic N) is 1. The lowest BCUT2D eigenvalue weighted by atomic mass is 9.89. The maximum atomic E-state index is 12.3. The number of amides is 1. The maximum absolute atomic E-state index is 12.3. The molecule has 2 aromatic rings. The van der Waals surface area contributed by atoms with Gasteiger partial charge in [-0.05, 0) is 18.1 Å². The fourth-order valence-corrected chi connectivity index (χ4v) is 2.88. The Morgan fingerprint density at radius 1 is 1.09 bits per heavy atom. The van der Waals surface area contributed by atoms with Gasteiger partial charge in [0.2, 0.25) is 0 Å². The van der Waals surface area contributed by atoms with Crippen LogP contribution in [0.1, 0.15) is 24.2 Å². The Kier molecular flexibility index (Phi) is 3.86. The number of ether oxygens (including phenoxy) is 1. The largest absolute Gasteiger partial charge is 0.439 e. The van der Waals surface area contributed by atoms with Crippen LogP contribution in [0.3, 0.4) is 0 Å². The summed E-state index contributed by atoms with van der Waals surface area (Å²) in [7, 11) is 0. The van der Waals surface area contributed by atoms with Crippen molar-refractivity contribution in [3.05, 3.63) is 71.8 Å². The van der Waals surface area contributed by atoms with E-state index in [9.17, 15) is 9.90 Å². The number of carbonyl (C=O) groups is 1. The summed E-state index contributed by atoms with van der Waals surface area (Å²) in [5.41, 5.74) is 1.12. The molecular formula is C18H19NO3. The first-order chi connectivity index (χ1) is 10.6. The molecule has 0 aliphatic carbocycles. The lowest BCUT2D eigenvalue weighted by Crippen LogP contribution is -2.48. The second kappa shape index (κ2) is 5.81. The van der Waals surface area contributed by atoms with Gasteiger partial charge in [-0.3, -0.25) is 4.90 Å². The number of cyclic esters (lactones) is 1. The Balaban J connectivity index is 1.92. The van der Waals surface area contributed by atoms with Crippen LogP contribution in [0.4, 0.5) is 4.79 Å². The minimum absolute atomic E-state index is 0.162. The van der Waals surface area contributed by atoms with E-state index >= 15 is 0 Å². The van der Waals surface area contributed by atoms with E-state index in [1.807, 2.05) is 67.6 Å². The van der Waals surface area contributed by atoms with Crippen molar-refractivity contribution >= 4 is 6.09 Å². The minimum Gasteiger partial charge on any atom is -0.439 e. The molecule has 3 rings (SSSR count). The van der Waals surface area contributed by atoms with Gasteiger partial charge >= 0.3 is 6.09 Å². The molecule has 2 aromatic carbocycles. The molecule has 114 valence electrons. The molecule has 1 aliphatic rings. The number of hydrogen-bond acceptors (Lipinski definition) is 3. The van der Waals surface area contributed by atoms with E-state index < -0.39 is 17.7 Å². The van der Waals surface area contributed by atoms with Gasteiger partial charge in [-0.25, -0.2) is 4.79 Å². The number of benzene rings is 2. The standard InChI is InChI=1S/C18H19NO3/c1-18(13-20)16(15-10-6-3-7-11-15)22-17(21)19(18)12-14-8-4-2-5-9-14/h2-11,16,20H,12-13H2,1H3/t16-,18+/m1/s1. The molecule has 0 bridgehead atoms. The molecule has 4 heteroatoms. The molecule has 0 saturated carbocycles. The molecule has 0 radical (unpaired) electrons. The van der Waals surface area contributed by atoms with Crippen LogP contribution in [0.5, 0.6) is 0 Å². The summed E-state index contributed by atoms with van der Waals surface area (Å²) < 4.78 is 5.57. The summed E-state index contributed by atoms with van der Waals surface area (Å²) in [5, 5.41) is 9.95. The van der Waals surface area contributed by atoms with Crippen LogP contribution in [0, 0.1) is 0 Å². The van der Waals surface area contributed by atoms with E-state index in [1.54, 1.807) is 4.90 Å². The highest BCUT2D eigenvalue weighted by atomic mass is 16.6. The number of aliphatic hydroxyl groups excluding tert-OH is 1. The van der Waals surface area contributed by atoms with Gasteiger partial charge in [-0.2, -0.15) is 0 Å². The van der Waals surface area contributed by atoms with Gasteiger partial charge in [0.05, 0.1) is 6.61 Å². The molecule has 2 atom stereocenters. The predicted molar refractivity (Wildman–Crippen MR) is 83.1 cm³/mol. The third-order valence-electron chi connectivity index (χ3n) is 4.23. The zero-order valence-corrected chi connectivity index (χ0v) is 12.5. The quantitative estimate of drug-likeness (QED) is 0.943. The summed E-state index contributed by atoms with van der Waals surface area (Å²) in [5.74, 6) is 0. The van der Waals surface area contributed by atoms with Crippen molar-refractivity contribution in [3.8, 4) is 0 Å². The van der Waals surface area contributed by atoms with Gasteiger partial charge in [0.1, 0.15) is 5.54 Å². The van der Waals surface area contributed by atoms with Gasteiger partial charge in [0, 0.05) is 6.54 Å². The molecular weight excluding hydrogens is 278 g/mol. The van der Waals surface area contributed by atoms with Crippen molar-refractivity contribution in [1.82, 2.24) is 4.90 Å². The first-order valence-electron chi connectivity index (χ1n) is 7.33. The van der Waals surface area contributed by atoms with Crippen LogP contribution in [-0.2, 0) is 11.3 Å². The van der Waals surface area contributed by atoms with Crippen LogP contribution in [0.15, 0.2) is 60.7 Å². The van der Waals surface area contributed by atoms with Crippen molar-refractivity contribution in [2.75, 3.05) is 6.61 Å². The van der Waals surface area contributed by atoms with Crippen molar-refractivity contribution in [1.29, 1.82) is 0 Å². The SMILES string of the molecule is C[C@]1(CO)[C@@H](c2ccccc2)OC(=O)N1Cc1ccccc1. The molecule has 0 aromatic heterocycles. The summed E-state index contributed by atoms with van der Waals surface area (Å²) in [4.78, 5) is 13.9. The topological polar surface area (TPSA) is 49.8 Å². The highest BCUT2D eigenvalue weighted by Crippen LogP contribution is 2.41. The monoisotopic (exact) mass is 297 g/mol. The van der Waals surface area contributed by atoms with Gasteiger partial charge in [-0.15, -0.1) is 0 Å². The Morgan fingerprint density at radius 3 is 2.27 bits per heavy atom. The second-order valence-electron chi connectivity index (χ2n) is 5.76. The van der Waals surface area contributed by atoms with E-state index in [0.29, 0.717) is 6.54 Å². The smallest absolute Gasteiger partial charge is 0.411 e. The maximum Gasteiger partial charge on any atom is 0.411 e.